The number of amides is 2. The molecule has 0 spiro atoms. The van der Waals surface area contributed by atoms with Gasteiger partial charge in [0.05, 0.1) is 29.9 Å². The minimum atomic E-state index is -1.07. The molecule has 6 aliphatic rings. The molecule has 4 bridgehead atoms. The average molecular weight is 751 g/mol. The third-order valence-electron chi connectivity index (χ3n) is 11.6. The lowest BCUT2D eigenvalue weighted by atomic mass is 9.49. The number of nitrogens with one attached hydrogen (secondary N) is 1. The molecule has 1 aromatic rings. The first-order chi connectivity index (χ1) is 22.2. The lowest BCUT2D eigenvalue weighted by Gasteiger charge is -2.58. The third kappa shape index (κ3) is 7.39. The van der Waals surface area contributed by atoms with Crippen LogP contribution < -0.4 is 14.8 Å². The topological polar surface area (TPSA) is 129 Å². The van der Waals surface area contributed by atoms with Crippen LogP contribution in [0.25, 0.3) is 0 Å². The molecule has 4 N–H and O–H groups in total. The van der Waals surface area contributed by atoms with Crippen LogP contribution in [0.1, 0.15) is 89.0 Å². The molecule has 9 nitrogen and oxygen atoms in total. The summed E-state index contributed by atoms with van der Waals surface area (Å²) >= 11 is 2.12. The first-order valence-corrected chi connectivity index (χ1v) is 18.5. The molecule has 0 saturated heterocycles. The Balaban J connectivity index is 1.32. The van der Waals surface area contributed by atoms with Crippen molar-refractivity contribution in [3.05, 3.63) is 32.9 Å². The maximum atomic E-state index is 14.4. The smallest absolute Gasteiger partial charge is 0.247 e. The molecule has 46 heavy (non-hydrogen) atoms. The number of methoxy groups -OCH3 is 1. The van der Waals surface area contributed by atoms with E-state index in [1.165, 1.54) is 52.1 Å². The summed E-state index contributed by atoms with van der Waals surface area (Å²) in [6, 6.07) is 2.87. The Hall–Kier alpha value is -1.89. The van der Waals surface area contributed by atoms with Crippen molar-refractivity contribution in [2.75, 3.05) is 26.8 Å². The van der Waals surface area contributed by atoms with E-state index in [9.17, 15) is 24.9 Å². The largest absolute Gasteiger partial charge is 0.493 e. The molecule has 5 saturated carbocycles. The van der Waals surface area contributed by atoms with E-state index >= 15 is 0 Å². The van der Waals surface area contributed by atoms with Crippen molar-refractivity contribution in [2.45, 2.75) is 108 Å². The number of aliphatic hydroxyl groups is 3. The fraction of sp³-hybridized carbons (Fsp3) is 0.722. The second kappa shape index (κ2) is 14.7. The molecule has 2 amide bonds. The Labute approximate surface area is 286 Å². The normalized spacial score (nSPS) is 31.9. The van der Waals surface area contributed by atoms with Crippen molar-refractivity contribution >= 4 is 34.4 Å². The van der Waals surface area contributed by atoms with E-state index in [1.807, 2.05) is 4.90 Å². The molecule has 6 aliphatic carbocycles. The monoisotopic (exact) mass is 750 g/mol. The summed E-state index contributed by atoms with van der Waals surface area (Å²) in [5.74, 6) is 3.33. The lowest BCUT2D eigenvalue weighted by molar-refractivity contribution is -0.147. The molecule has 0 radical (unpaired) electrons. The molecule has 3 atom stereocenters. The van der Waals surface area contributed by atoms with Gasteiger partial charge < -0.3 is 35.0 Å². The van der Waals surface area contributed by atoms with Gasteiger partial charge in [-0.05, 0) is 120 Å². The number of aliphatic hydroxyl groups excluding tert-OH is 3. The second-order valence-electron chi connectivity index (χ2n) is 14.9. The van der Waals surface area contributed by atoms with Gasteiger partial charge in [-0.1, -0.05) is 25.7 Å². The number of nitrogens with zero attached hydrogens (tertiary/aromatic N) is 1. The van der Waals surface area contributed by atoms with Crippen LogP contribution >= 0.6 is 22.6 Å². The molecular weight excluding hydrogens is 699 g/mol. The van der Waals surface area contributed by atoms with Gasteiger partial charge in [0.2, 0.25) is 11.8 Å². The van der Waals surface area contributed by atoms with Crippen LogP contribution in [-0.2, 0) is 16.2 Å². The predicted molar refractivity (Wildman–Crippen MR) is 182 cm³/mol. The summed E-state index contributed by atoms with van der Waals surface area (Å²) in [4.78, 5) is 29.7. The number of carbonyl (C=O) groups is 2. The van der Waals surface area contributed by atoms with Gasteiger partial charge in [0.15, 0.2) is 11.5 Å². The maximum absolute atomic E-state index is 14.4. The number of ether oxygens (including phenoxy) is 2. The van der Waals surface area contributed by atoms with Crippen molar-refractivity contribution < 1.29 is 34.4 Å². The number of halogens is 1. The molecule has 0 aromatic heterocycles. The van der Waals surface area contributed by atoms with E-state index in [0.29, 0.717) is 45.1 Å². The van der Waals surface area contributed by atoms with Gasteiger partial charge in [-0.25, -0.2) is 0 Å². The molecule has 7 rings (SSSR count). The highest BCUT2D eigenvalue weighted by molar-refractivity contribution is 14.1. The first kappa shape index (κ1) is 34.0. The minimum Gasteiger partial charge on any atom is -0.493 e. The maximum Gasteiger partial charge on any atom is 0.247 e. The van der Waals surface area contributed by atoms with Gasteiger partial charge in [-0.2, -0.15) is 0 Å². The Kier molecular flexibility index (Phi) is 10.9. The van der Waals surface area contributed by atoms with E-state index < -0.39 is 18.2 Å². The quantitative estimate of drug-likeness (QED) is 0.215. The molecule has 0 heterocycles. The fourth-order valence-electron chi connectivity index (χ4n) is 9.90. The second-order valence-corrected chi connectivity index (χ2v) is 16.1. The van der Waals surface area contributed by atoms with Crippen molar-refractivity contribution in [3.63, 3.8) is 0 Å². The van der Waals surface area contributed by atoms with Crippen LogP contribution in [0.15, 0.2) is 23.8 Å². The average Bonchev–Trinajstić information content (AvgIpc) is 3.56. The van der Waals surface area contributed by atoms with Crippen LogP contribution in [0.2, 0.25) is 0 Å². The SMILES string of the molecule is COc1cc(CO)cc(I)c1O[C@H]1C=C(C(=O)NCCO)C[C@@H](N(CC23CC4CC(CC(C4)C2)C3)C(=O)CCC2CCCC2)[C@@H]1O. The lowest BCUT2D eigenvalue weighted by Crippen LogP contribution is -2.59. The van der Waals surface area contributed by atoms with Crippen LogP contribution in [0, 0.1) is 32.7 Å². The minimum absolute atomic E-state index is 0.0625. The van der Waals surface area contributed by atoms with Crippen LogP contribution in [0.3, 0.4) is 0 Å². The number of hydrogen-bond acceptors (Lipinski definition) is 7. The Morgan fingerprint density at radius 1 is 1.07 bits per heavy atom. The van der Waals surface area contributed by atoms with Crippen molar-refractivity contribution in [1.82, 2.24) is 10.2 Å². The molecule has 1 aromatic carbocycles. The summed E-state index contributed by atoms with van der Waals surface area (Å²) in [5.41, 5.74) is 1.17. The van der Waals surface area contributed by atoms with Gasteiger partial charge in [0, 0.05) is 31.5 Å². The molecule has 0 unspecified atom stereocenters. The van der Waals surface area contributed by atoms with Crippen LogP contribution in [0.5, 0.6) is 11.5 Å². The van der Waals surface area contributed by atoms with Gasteiger partial charge in [-0.15, -0.1) is 0 Å². The number of rotatable bonds is 13. The van der Waals surface area contributed by atoms with Crippen molar-refractivity contribution in [2.24, 2.45) is 29.1 Å². The van der Waals surface area contributed by atoms with E-state index in [1.54, 1.807) is 18.2 Å². The zero-order valence-corrected chi connectivity index (χ0v) is 29.3. The van der Waals surface area contributed by atoms with Gasteiger partial charge >= 0.3 is 0 Å². The van der Waals surface area contributed by atoms with Gasteiger partial charge in [0.25, 0.3) is 0 Å². The zero-order chi connectivity index (χ0) is 32.4. The molecular formula is C36H51IN2O7. The van der Waals surface area contributed by atoms with Gasteiger partial charge in [-0.3, -0.25) is 9.59 Å². The number of benzene rings is 1. The highest BCUT2D eigenvalue weighted by Crippen LogP contribution is 2.60. The Morgan fingerprint density at radius 2 is 1.74 bits per heavy atom. The van der Waals surface area contributed by atoms with E-state index in [-0.39, 0.29) is 43.4 Å². The van der Waals surface area contributed by atoms with Crippen molar-refractivity contribution in [1.29, 1.82) is 0 Å². The Bertz CT molecular complexity index is 1260. The van der Waals surface area contributed by atoms with Crippen molar-refractivity contribution in [3.8, 4) is 11.5 Å². The van der Waals surface area contributed by atoms with Gasteiger partial charge in [0.1, 0.15) is 12.2 Å². The third-order valence-corrected chi connectivity index (χ3v) is 12.4. The molecule has 254 valence electrons. The highest BCUT2D eigenvalue weighted by atomic mass is 127. The summed E-state index contributed by atoms with van der Waals surface area (Å²) in [6.07, 6.45) is 13.4. The molecule has 10 heteroatoms. The Morgan fingerprint density at radius 3 is 2.35 bits per heavy atom. The van der Waals surface area contributed by atoms with Crippen LogP contribution in [0.4, 0.5) is 0 Å². The first-order valence-electron chi connectivity index (χ1n) is 17.4. The van der Waals surface area contributed by atoms with E-state index in [2.05, 4.69) is 27.9 Å². The number of hydrogen-bond donors (Lipinski definition) is 4. The van der Waals surface area contributed by atoms with E-state index in [0.717, 1.165) is 43.4 Å². The van der Waals surface area contributed by atoms with Crippen LogP contribution in [-0.4, -0.2) is 77.1 Å². The summed E-state index contributed by atoms with van der Waals surface area (Å²) in [6.45, 7) is 0.389. The summed E-state index contributed by atoms with van der Waals surface area (Å²) < 4.78 is 12.8. The summed E-state index contributed by atoms with van der Waals surface area (Å²) in [5, 5.41) is 34.0. The fourth-order valence-corrected chi connectivity index (χ4v) is 10.7. The highest BCUT2D eigenvalue weighted by Gasteiger charge is 2.53. The molecule has 5 fully saturated rings. The molecule has 0 aliphatic heterocycles. The standard InChI is InChI=1S/C36H51IN2O7/c1-45-31-14-26(20-41)13-28(37)34(31)46-30-16-27(35(44)38-8-9-40)15-29(33(30)43)39(32(42)7-6-22-4-2-3-5-22)21-36-17-23-10-24(18-36)12-25(11-23)19-36/h13-14,16,22-25,29-30,33,40-41,43H,2-12,15,17-21H2,1H3,(H,38,44)/t23?,24?,25?,29-,30+,33+,36?/m1/s1. The summed E-state index contributed by atoms with van der Waals surface area (Å²) in [7, 11) is 1.53. The number of carbonyl (C=O) groups excluding carboxylic acids is 2. The predicted octanol–water partition coefficient (Wildman–Crippen LogP) is 4.72. The zero-order valence-electron chi connectivity index (χ0n) is 27.1. The van der Waals surface area contributed by atoms with E-state index in [4.69, 9.17) is 9.47 Å².